The van der Waals surface area contributed by atoms with Gasteiger partial charge in [-0.25, -0.2) is 8.42 Å². The zero-order valence-corrected chi connectivity index (χ0v) is 12.5. The molecule has 1 heterocycles. The number of hydrogen-bond donors (Lipinski definition) is 1. The summed E-state index contributed by atoms with van der Waals surface area (Å²) in [6, 6.07) is 5.76. The quantitative estimate of drug-likeness (QED) is 0.946. The van der Waals surface area contributed by atoms with Crippen LogP contribution < -0.4 is 4.72 Å². The van der Waals surface area contributed by atoms with Gasteiger partial charge in [-0.1, -0.05) is 23.2 Å². The molecule has 0 atom stereocenters. The molecule has 0 amide bonds. The topological polar surface area (TPSA) is 64.0 Å². The van der Waals surface area contributed by atoms with Crippen LogP contribution in [0.1, 0.15) is 5.69 Å². The Kier molecular flexibility index (Phi) is 3.75. The minimum atomic E-state index is -3.72. The minimum absolute atomic E-state index is 0.0424. The molecule has 0 aliphatic heterocycles. The molecular formula is C11H11Cl2N3O2S. The third kappa shape index (κ3) is 3.02. The van der Waals surface area contributed by atoms with E-state index in [4.69, 9.17) is 23.2 Å². The monoisotopic (exact) mass is 319 g/mol. The van der Waals surface area contributed by atoms with E-state index in [1.54, 1.807) is 20.0 Å². The van der Waals surface area contributed by atoms with Gasteiger partial charge in [0.15, 0.2) is 0 Å². The van der Waals surface area contributed by atoms with Crippen molar-refractivity contribution >= 4 is 39.0 Å². The normalized spacial score (nSPS) is 11.6. The van der Waals surface area contributed by atoms with E-state index in [0.29, 0.717) is 16.5 Å². The van der Waals surface area contributed by atoms with Gasteiger partial charge in [-0.15, -0.1) is 0 Å². The van der Waals surface area contributed by atoms with E-state index in [-0.39, 0.29) is 9.92 Å². The van der Waals surface area contributed by atoms with Gasteiger partial charge in [-0.05, 0) is 25.1 Å². The smallest absolute Gasteiger partial charge is 0.263 e. The molecule has 1 N–H and O–H groups in total. The Morgan fingerprint density at radius 2 is 1.89 bits per heavy atom. The SMILES string of the molecule is Cc1cc(NS(=O)(=O)c2ccc(Cl)c(Cl)c2)n(C)n1. The molecule has 0 aliphatic rings. The molecule has 0 saturated carbocycles. The van der Waals surface area contributed by atoms with Crippen molar-refractivity contribution in [1.82, 2.24) is 9.78 Å². The fourth-order valence-electron chi connectivity index (χ4n) is 1.55. The molecule has 2 rings (SSSR count). The maximum absolute atomic E-state index is 12.2. The minimum Gasteiger partial charge on any atom is -0.264 e. The average molecular weight is 320 g/mol. The van der Waals surface area contributed by atoms with Crippen molar-refractivity contribution in [2.45, 2.75) is 11.8 Å². The Balaban J connectivity index is 2.37. The lowest BCUT2D eigenvalue weighted by Gasteiger charge is -2.08. The zero-order valence-electron chi connectivity index (χ0n) is 10.2. The lowest BCUT2D eigenvalue weighted by Crippen LogP contribution is -2.15. The van der Waals surface area contributed by atoms with Gasteiger partial charge in [0.2, 0.25) is 0 Å². The van der Waals surface area contributed by atoms with E-state index in [9.17, 15) is 8.42 Å². The van der Waals surface area contributed by atoms with Gasteiger partial charge in [0.1, 0.15) is 5.82 Å². The second-order valence-electron chi connectivity index (χ2n) is 3.98. The predicted octanol–water partition coefficient (Wildman–Crippen LogP) is 2.84. The Morgan fingerprint density at radius 3 is 2.42 bits per heavy atom. The van der Waals surface area contributed by atoms with Gasteiger partial charge >= 0.3 is 0 Å². The van der Waals surface area contributed by atoms with E-state index in [1.807, 2.05) is 0 Å². The molecule has 0 spiro atoms. The third-order valence-corrected chi connectivity index (χ3v) is 4.53. The second-order valence-corrected chi connectivity index (χ2v) is 6.47. The number of nitrogens with zero attached hydrogens (tertiary/aromatic N) is 2. The number of aryl methyl sites for hydroxylation is 2. The van der Waals surface area contributed by atoms with Crippen molar-refractivity contribution in [3.05, 3.63) is 40.0 Å². The van der Waals surface area contributed by atoms with Crippen LogP contribution in [0.2, 0.25) is 10.0 Å². The van der Waals surface area contributed by atoms with Crippen LogP contribution in [0.15, 0.2) is 29.2 Å². The van der Waals surface area contributed by atoms with Crippen molar-refractivity contribution < 1.29 is 8.42 Å². The molecule has 0 fully saturated rings. The van der Waals surface area contributed by atoms with Gasteiger partial charge in [0.25, 0.3) is 10.0 Å². The van der Waals surface area contributed by atoms with Crippen molar-refractivity contribution in [3.63, 3.8) is 0 Å². The first-order valence-corrected chi connectivity index (χ1v) is 7.52. The predicted molar refractivity (Wildman–Crippen MR) is 75.2 cm³/mol. The molecule has 0 aliphatic carbocycles. The number of aromatic nitrogens is 2. The highest BCUT2D eigenvalue weighted by Gasteiger charge is 2.17. The number of nitrogens with one attached hydrogen (secondary N) is 1. The van der Waals surface area contributed by atoms with Crippen LogP contribution in [-0.4, -0.2) is 18.2 Å². The van der Waals surface area contributed by atoms with E-state index in [1.165, 1.54) is 22.9 Å². The Morgan fingerprint density at radius 1 is 1.21 bits per heavy atom. The average Bonchev–Trinajstić information content (AvgIpc) is 2.60. The molecule has 1 aromatic carbocycles. The van der Waals surface area contributed by atoms with Gasteiger partial charge in [-0.2, -0.15) is 5.10 Å². The van der Waals surface area contributed by atoms with E-state index in [2.05, 4.69) is 9.82 Å². The van der Waals surface area contributed by atoms with E-state index in [0.717, 1.165) is 0 Å². The molecule has 0 unspecified atom stereocenters. The van der Waals surface area contributed by atoms with E-state index < -0.39 is 10.0 Å². The summed E-state index contributed by atoms with van der Waals surface area (Å²) in [5.41, 5.74) is 0.717. The standard InChI is InChI=1S/C11H11Cl2N3O2S/c1-7-5-11(16(2)14-7)15-19(17,18)8-3-4-9(12)10(13)6-8/h3-6,15H,1-2H3. The van der Waals surface area contributed by atoms with E-state index >= 15 is 0 Å². The second kappa shape index (κ2) is 5.03. The summed E-state index contributed by atoms with van der Waals surface area (Å²) in [4.78, 5) is 0.0424. The summed E-state index contributed by atoms with van der Waals surface area (Å²) < 4.78 is 28.2. The first-order chi connectivity index (χ1) is 8.79. The van der Waals surface area contributed by atoms with Crippen molar-refractivity contribution in [2.24, 2.45) is 7.05 Å². The Labute approximate surface area is 121 Å². The number of hydrogen-bond acceptors (Lipinski definition) is 3. The highest BCUT2D eigenvalue weighted by molar-refractivity contribution is 7.92. The Bertz CT molecular complexity index is 726. The highest BCUT2D eigenvalue weighted by Crippen LogP contribution is 2.26. The molecule has 1 aromatic heterocycles. The molecule has 5 nitrogen and oxygen atoms in total. The fraction of sp³-hybridized carbons (Fsp3) is 0.182. The summed E-state index contributed by atoms with van der Waals surface area (Å²) in [6.07, 6.45) is 0. The van der Waals surface area contributed by atoms with Crippen LogP contribution in [0.3, 0.4) is 0 Å². The van der Waals surface area contributed by atoms with Crippen molar-refractivity contribution in [3.8, 4) is 0 Å². The van der Waals surface area contributed by atoms with Gasteiger partial charge in [0, 0.05) is 13.1 Å². The third-order valence-electron chi connectivity index (χ3n) is 2.44. The van der Waals surface area contributed by atoms with Gasteiger partial charge in [0.05, 0.1) is 20.6 Å². The molecule has 0 radical (unpaired) electrons. The molecule has 2 aromatic rings. The van der Waals surface area contributed by atoms with Crippen LogP contribution in [0.5, 0.6) is 0 Å². The van der Waals surface area contributed by atoms with Crippen molar-refractivity contribution in [2.75, 3.05) is 4.72 Å². The number of halogens is 2. The maximum atomic E-state index is 12.2. The van der Waals surface area contributed by atoms with Crippen molar-refractivity contribution in [1.29, 1.82) is 0 Å². The molecule has 8 heteroatoms. The fourth-order valence-corrected chi connectivity index (χ4v) is 3.01. The molecule has 19 heavy (non-hydrogen) atoms. The maximum Gasteiger partial charge on any atom is 0.263 e. The lowest BCUT2D eigenvalue weighted by atomic mass is 10.4. The number of rotatable bonds is 3. The summed E-state index contributed by atoms with van der Waals surface area (Å²) in [7, 11) is -2.06. The largest absolute Gasteiger partial charge is 0.264 e. The summed E-state index contributed by atoms with van der Waals surface area (Å²) >= 11 is 11.6. The van der Waals surface area contributed by atoms with Gasteiger partial charge in [-0.3, -0.25) is 9.40 Å². The van der Waals surface area contributed by atoms with Crippen LogP contribution in [0, 0.1) is 6.92 Å². The summed E-state index contributed by atoms with van der Waals surface area (Å²) in [5.74, 6) is 0.378. The lowest BCUT2D eigenvalue weighted by molar-refractivity contribution is 0.600. The molecule has 0 bridgehead atoms. The van der Waals surface area contributed by atoms with Crippen LogP contribution in [-0.2, 0) is 17.1 Å². The first kappa shape index (κ1) is 14.2. The molecule has 102 valence electrons. The van der Waals surface area contributed by atoms with Crippen LogP contribution in [0.25, 0.3) is 0 Å². The highest BCUT2D eigenvalue weighted by atomic mass is 35.5. The molecule has 0 saturated heterocycles. The summed E-state index contributed by atoms with van der Waals surface area (Å²) in [5, 5.41) is 4.55. The van der Waals surface area contributed by atoms with Crippen LogP contribution in [0.4, 0.5) is 5.82 Å². The Hall–Kier alpha value is -1.24. The number of sulfonamides is 1. The van der Waals surface area contributed by atoms with Crippen LogP contribution >= 0.6 is 23.2 Å². The molecular weight excluding hydrogens is 309 g/mol. The number of anilines is 1. The summed E-state index contributed by atoms with van der Waals surface area (Å²) in [6.45, 7) is 1.77. The zero-order chi connectivity index (χ0) is 14.2. The number of benzene rings is 1. The van der Waals surface area contributed by atoms with Gasteiger partial charge < -0.3 is 0 Å². The first-order valence-electron chi connectivity index (χ1n) is 5.28.